The van der Waals surface area contributed by atoms with Gasteiger partial charge in [-0.2, -0.15) is 0 Å². The van der Waals surface area contributed by atoms with Crippen LogP contribution in [0.1, 0.15) is 17.7 Å². The molecule has 178 valence electrons. The summed E-state index contributed by atoms with van der Waals surface area (Å²) < 4.78 is 29.9. The first-order valence-corrected chi connectivity index (χ1v) is 10.8. The molecule has 3 rings (SSSR count). The molecule has 32 heavy (non-hydrogen) atoms. The quantitative estimate of drug-likeness (QED) is 0.208. The molecule has 0 unspecified atom stereocenters. The highest BCUT2D eigenvalue weighted by Crippen LogP contribution is 2.18. The lowest BCUT2D eigenvalue weighted by Gasteiger charge is -2.26. The Bertz CT molecular complexity index is 814. The summed E-state index contributed by atoms with van der Waals surface area (Å²) in [5, 5.41) is 3.42. The fourth-order valence-corrected chi connectivity index (χ4v) is 3.52. The number of morpholine rings is 1. The molecular formula is C23H34FIN4O3. The summed E-state index contributed by atoms with van der Waals surface area (Å²) in [7, 11) is 3.43. The van der Waals surface area contributed by atoms with Crippen LogP contribution in [0.5, 0.6) is 5.75 Å². The van der Waals surface area contributed by atoms with Crippen molar-refractivity contribution in [2.45, 2.75) is 19.4 Å². The molecule has 0 atom stereocenters. The van der Waals surface area contributed by atoms with Crippen molar-refractivity contribution in [2.24, 2.45) is 4.99 Å². The van der Waals surface area contributed by atoms with Gasteiger partial charge in [-0.25, -0.2) is 4.39 Å². The second-order valence-electron chi connectivity index (χ2n) is 7.59. The first-order chi connectivity index (χ1) is 15.2. The number of nitrogens with zero attached hydrogens (tertiary/aromatic N) is 3. The molecule has 0 bridgehead atoms. The van der Waals surface area contributed by atoms with Gasteiger partial charge in [0.1, 0.15) is 5.76 Å². The lowest BCUT2D eigenvalue weighted by Crippen LogP contribution is -2.40. The van der Waals surface area contributed by atoms with E-state index in [1.54, 1.807) is 12.3 Å². The van der Waals surface area contributed by atoms with E-state index in [1.165, 1.54) is 13.2 Å². The molecule has 7 nitrogen and oxygen atoms in total. The standard InChI is InChI=1S/C23H33FN4O3.HI/c1-27(18-19-6-7-22(29-2)21(24)17-19)23(26-10-8-20-5-3-14-31-20)25-9-4-11-28-12-15-30-16-13-28;/h3,5-7,14,17H,4,8-13,15-16,18H2,1-2H3,(H,25,26);1H. The minimum atomic E-state index is -0.358. The number of hydrogen-bond donors (Lipinski definition) is 1. The summed E-state index contributed by atoms with van der Waals surface area (Å²) in [5.41, 5.74) is 0.856. The Labute approximate surface area is 207 Å². The fourth-order valence-electron chi connectivity index (χ4n) is 3.52. The van der Waals surface area contributed by atoms with E-state index in [0.717, 1.165) is 69.5 Å². The van der Waals surface area contributed by atoms with Gasteiger partial charge in [0.05, 0.1) is 26.6 Å². The summed E-state index contributed by atoms with van der Waals surface area (Å²) in [6.07, 6.45) is 3.43. The van der Waals surface area contributed by atoms with E-state index in [1.807, 2.05) is 30.1 Å². The van der Waals surface area contributed by atoms with Crippen LogP contribution in [0.2, 0.25) is 0 Å². The molecule has 1 aromatic carbocycles. The summed E-state index contributed by atoms with van der Waals surface area (Å²) in [6.45, 7) is 6.58. The van der Waals surface area contributed by atoms with Crippen molar-refractivity contribution in [3.05, 3.63) is 53.7 Å². The Morgan fingerprint density at radius 2 is 2.09 bits per heavy atom. The molecule has 1 saturated heterocycles. The first kappa shape index (κ1) is 26.4. The van der Waals surface area contributed by atoms with Gasteiger partial charge in [-0.1, -0.05) is 6.07 Å². The van der Waals surface area contributed by atoms with E-state index < -0.39 is 0 Å². The van der Waals surface area contributed by atoms with Gasteiger partial charge >= 0.3 is 0 Å². The first-order valence-electron chi connectivity index (χ1n) is 10.8. The molecule has 1 aliphatic rings. The van der Waals surface area contributed by atoms with Crippen molar-refractivity contribution in [3.63, 3.8) is 0 Å². The Morgan fingerprint density at radius 1 is 1.28 bits per heavy atom. The molecule has 0 radical (unpaired) electrons. The highest BCUT2D eigenvalue weighted by Gasteiger charge is 2.12. The highest BCUT2D eigenvalue weighted by molar-refractivity contribution is 14.0. The average molecular weight is 560 g/mol. The number of methoxy groups -OCH3 is 1. The normalized spacial score (nSPS) is 14.7. The number of benzene rings is 1. The maximum absolute atomic E-state index is 14.1. The van der Waals surface area contributed by atoms with Gasteiger partial charge in [-0.05, 0) is 36.2 Å². The van der Waals surface area contributed by atoms with Crippen LogP contribution >= 0.6 is 24.0 Å². The molecule has 2 heterocycles. The van der Waals surface area contributed by atoms with Gasteiger partial charge in [-0.15, -0.1) is 24.0 Å². The maximum atomic E-state index is 14.1. The minimum Gasteiger partial charge on any atom is -0.494 e. The molecule has 0 aliphatic carbocycles. The molecule has 0 saturated carbocycles. The predicted octanol–water partition coefficient (Wildman–Crippen LogP) is 3.39. The largest absolute Gasteiger partial charge is 0.494 e. The summed E-state index contributed by atoms with van der Waals surface area (Å²) in [6, 6.07) is 8.89. The van der Waals surface area contributed by atoms with Gasteiger partial charge in [0.25, 0.3) is 0 Å². The summed E-state index contributed by atoms with van der Waals surface area (Å²) in [4.78, 5) is 9.23. The molecule has 0 spiro atoms. The molecule has 2 aromatic rings. The third kappa shape index (κ3) is 8.59. The van der Waals surface area contributed by atoms with Crippen molar-refractivity contribution in [2.75, 3.05) is 60.1 Å². The minimum absolute atomic E-state index is 0. The van der Waals surface area contributed by atoms with Crippen molar-refractivity contribution in [3.8, 4) is 5.75 Å². The van der Waals surface area contributed by atoms with E-state index in [-0.39, 0.29) is 35.5 Å². The number of aliphatic imine (C=N–C) groups is 1. The van der Waals surface area contributed by atoms with Crippen LogP contribution in [-0.2, 0) is 17.7 Å². The van der Waals surface area contributed by atoms with E-state index >= 15 is 0 Å². The zero-order valence-corrected chi connectivity index (χ0v) is 21.2. The van der Waals surface area contributed by atoms with Gasteiger partial charge < -0.3 is 24.1 Å². The Morgan fingerprint density at radius 3 is 2.78 bits per heavy atom. The number of furan rings is 1. The van der Waals surface area contributed by atoms with Gasteiger partial charge in [-0.3, -0.25) is 9.89 Å². The number of ether oxygens (including phenoxy) is 2. The van der Waals surface area contributed by atoms with Crippen LogP contribution in [-0.4, -0.2) is 75.9 Å². The van der Waals surface area contributed by atoms with Crippen LogP contribution < -0.4 is 10.1 Å². The zero-order chi connectivity index (χ0) is 21.9. The third-order valence-electron chi connectivity index (χ3n) is 5.23. The van der Waals surface area contributed by atoms with Crippen LogP contribution in [0, 0.1) is 5.82 Å². The number of hydrogen-bond acceptors (Lipinski definition) is 5. The van der Waals surface area contributed by atoms with Gasteiger partial charge in [0, 0.05) is 52.7 Å². The predicted molar refractivity (Wildman–Crippen MR) is 134 cm³/mol. The number of guanidine groups is 1. The van der Waals surface area contributed by atoms with Crippen LogP contribution in [0.4, 0.5) is 4.39 Å². The Kier molecular flexibility index (Phi) is 11.8. The van der Waals surface area contributed by atoms with Crippen molar-refractivity contribution in [1.29, 1.82) is 0 Å². The summed E-state index contributed by atoms with van der Waals surface area (Å²) in [5.74, 6) is 1.62. The molecular weight excluding hydrogens is 526 g/mol. The van der Waals surface area contributed by atoms with Gasteiger partial charge in [0.2, 0.25) is 0 Å². The zero-order valence-electron chi connectivity index (χ0n) is 18.9. The average Bonchev–Trinajstić information content (AvgIpc) is 3.30. The fraction of sp³-hybridized carbons (Fsp3) is 0.522. The second-order valence-corrected chi connectivity index (χ2v) is 7.59. The summed E-state index contributed by atoms with van der Waals surface area (Å²) >= 11 is 0. The Balaban J connectivity index is 0.00000363. The van der Waals surface area contributed by atoms with E-state index in [9.17, 15) is 4.39 Å². The third-order valence-corrected chi connectivity index (χ3v) is 5.23. The molecule has 1 aromatic heterocycles. The number of nitrogens with one attached hydrogen (secondary N) is 1. The molecule has 0 amide bonds. The van der Waals surface area contributed by atoms with Crippen molar-refractivity contribution in [1.82, 2.24) is 15.1 Å². The molecule has 1 aliphatic heterocycles. The van der Waals surface area contributed by atoms with E-state index in [2.05, 4.69) is 10.2 Å². The van der Waals surface area contributed by atoms with Crippen LogP contribution in [0.15, 0.2) is 46.0 Å². The SMILES string of the molecule is COc1ccc(CN(C)C(=NCCCN2CCOCC2)NCCc2ccco2)cc1F.I. The smallest absolute Gasteiger partial charge is 0.193 e. The maximum Gasteiger partial charge on any atom is 0.193 e. The Hall–Kier alpha value is -1.85. The van der Waals surface area contributed by atoms with Crippen molar-refractivity contribution >= 4 is 29.9 Å². The molecule has 1 fully saturated rings. The van der Waals surface area contributed by atoms with Crippen molar-refractivity contribution < 1.29 is 18.3 Å². The lowest BCUT2D eigenvalue weighted by molar-refractivity contribution is 0.0377. The molecule has 1 N–H and O–H groups in total. The topological polar surface area (TPSA) is 62.5 Å². The molecule has 9 heteroatoms. The highest BCUT2D eigenvalue weighted by atomic mass is 127. The van der Waals surface area contributed by atoms with Crippen LogP contribution in [0.25, 0.3) is 0 Å². The van der Waals surface area contributed by atoms with E-state index in [0.29, 0.717) is 13.1 Å². The number of rotatable bonds is 10. The van der Waals surface area contributed by atoms with Crippen LogP contribution in [0.3, 0.4) is 0 Å². The lowest BCUT2D eigenvalue weighted by atomic mass is 10.2. The monoisotopic (exact) mass is 560 g/mol. The van der Waals surface area contributed by atoms with Gasteiger partial charge in [0.15, 0.2) is 17.5 Å². The number of halogens is 2. The van der Waals surface area contributed by atoms with E-state index in [4.69, 9.17) is 18.9 Å². The second kappa shape index (κ2) is 14.3.